The normalized spacial score (nSPS) is 16.2. The van der Waals surface area contributed by atoms with Gasteiger partial charge in [-0.15, -0.1) is 0 Å². The highest BCUT2D eigenvalue weighted by Crippen LogP contribution is 2.29. The molecule has 7 heteroatoms. The molecule has 1 amide bonds. The van der Waals surface area contributed by atoms with Gasteiger partial charge in [-0.25, -0.2) is 4.79 Å². The van der Waals surface area contributed by atoms with Gasteiger partial charge in [0.25, 0.3) is 0 Å². The SMILES string of the molecule is CCOc1ccc(CN2CCC(C(=O)NC(CC(C)C)C(=O)OC)CC2)cc1OC. The van der Waals surface area contributed by atoms with Gasteiger partial charge in [0, 0.05) is 12.5 Å². The highest BCUT2D eigenvalue weighted by atomic mass is 16.5. The van der Waals surface area contributed by atoms with E-state index in [1.807, 2.05) is 32.9 Å². The molecule has 1 fully saturated rings. The maximum absolute atomic E-state index is 12.7. The van der Waals surface area contributed by atoms with Crippen LogP contribution in [0.5, 0.6) is 11.5 Å². The van der Waals surface area contributed by atoms with Gasteiger partial charge < -0.3 is 19.5 Å². The Bertz CT molecular complexity index is 699. The summed E-state index contributed by atoms with van der Waals surface area (Å²) in [6.45, 7) is 9.06. The molecule has 1 atom stereocenters. The van der Waals surface area contributed by atoms with Gasteiger partial charge >= 0.3 is 5.97 Å². The molecule has 0 aromatic heterocycles. The zero-order valence-corrected chi connectivity index (χ0v) is 18.9. The number of carbonyl (C=O) groups excluding carboxylic acids is 2. The van der Waals surface area contributed by atoms with Crippen molar-refractivity contribution < 1.29 is 23.8 Å². The van der Waals surface area contributed by atoms with E-state index in [9.17, 15) is 9.59 Å². The molecule has 168 valence electrons. The Morgan fingerprint density at radius 2 is 1.87 bits per heavy atom. The monoisotopic (exact) mass is 420 g/mol. The van der Waals surface area contributed by atoms with E-state index in [4.69, 9.17) is 14.2 Å². The van der Waals surface area contributed by atoms with Gasteiger partial charge in [0.1, 0.15) is 6.04 Å². The molecule has 1 aromatic carbocycles. The zero-order chi connectivity index (χ0) is 22.1. The Morgan fingerprint density at radius 3 is 2.43 bits per heavy atom. The number of hydrogen-bond acceptors (Lipinski definition) is 6. The quantitative estimate of drug-likeness (QED) is 0.587. The first-order valence-corrected chi connectivity index (χ1v) is 10.8. The maximum Gasteiger partial charge on any atom is 0.328 e. The lowest BCUT2D eigenvalue weighted by Crippen LogP contribution is -2.47. The van der Waals surface area contributed by atoms with Crippen LogP contribution in [0.25, 0.3) is 0 Å². The average Bonchev–Trinajstić information content (AvgIpc) is 2.74. The Labute approximate surface area is 180 Å². The number of methoxy groups -OCH3 is 2. The van der Waals surface area contributed by atoms with Crippen LogP contribution in [0.1, 0.15) is 45.6 Å². The maximum atomic E-state index is 12.7. The van der Waals surface area contributed by atoms with E-state index in [0.29, 0.717) is 18.9 Å². The van der Waals surface area contributed by atoms with E-state index in [0.717, 1.165) is 49.5 Å². The van der Waals surface area contributed by atoms with E-state index in [1.165, 1.54) is 7.11 Å². The minimum Gasteiger partial charge on any atom is -0.493 e. The van der Waals surface area contributed by atoms with Crippen molar-refractivity contribution in [2.75, 3.05) is 33.9 Å². The van der Waals surface area contributed by atoms with E-state index >= 15 is 0 Å². The van der Waals surface area contributed by atoms with Crippen molar-refractivity contribution in [2.24, 2.45) is 11.8 Å². The third kappa shape index (κ3) is 6.90. The number of rotatable bonds is 10. The molecule has 2 rings (SSSR count). The van der Waals surface area contributed by atoms with Crippen molar-refractivity contribution in [1.29, 1.82) is 0 Å². The molecule has 1 unspecified atom stereocenters. The third-order valence-electron chi connectivity index (χ3n) is 5.40. The molecule has 30 heavy (non-hydrogen) atoms. The van der Waals surface area contributed by atoms with Crippen molar-refractivity contribution >= 4 is 11.9 Å². The second kappa shape index (κ2) is 11.8. The molecule has 1 heterocycles. The van der Waals surface area contributed by atoms with Crippen LogP contribution in [0.4, 0.5) is 0 Å². The molecule has 7 nitrogen and oxygen atoms in total. The highest BCUT2D eigenvalue weighted by molar-refractivity contribution is 5.85. The minimum absolute atomic E-state index is 0.0477. The molecule has 0 spiro atoms. The summed E-state index contributed by atoms with van der Waals surface area (Å²) >= 11 is 0. The van der Waals surface area contributed by atoms with Gasteiger partial charge in [-0.3, -0.25) is 9.69 Å². The third-order valence-corrected chi connectivity index (χ3v) is 5.40. The second-order valence-electron chi connectivity index (χ2n) is 8.18. The smallest absolute Gasteiger partial charge is 0.328 e. The van der Waals surface area contributed by atoms with Gasteiger partial charge in [0.2, 0.25) is 5.91 Å². The lowest BCUT2D eigenvalue weighted by Gasteiger charge is -2.32. The summed E-state index contributed by atoms with van der Waals surface area (Å²) in [4.78, 5) is 27.0. The first-order valence-electron chi connectivity index (χ1n) is 10.8. The molecular weight excluding hydrogens is 384 g/mol. The van der Waals surface area contributed by atoms with Crippen LogP contribution in [-0.4, -0.2) is 56.7 Å². The molecule has 0 radical (unpaired) electrons. The van der Waals surface area contributed by atoms with Crippen LogP contribution < -0.4 is 14.8 Å². The predicted molar refractivity (Wildman–Crippen MR) is 116 cm³/mol. The number of esters is 1. The number of nitrogens with zero attached hydrogens (tertiary/aromatic N) is 1. The van der Waals surface area contributed by atoms with Gasteiger partial charge in [-0.1, -0.05) is 19.9 Å². The Kier molecular flexibility index (Phi) is 9.43. The van der Waals surface area contributed by atoms with Crippen molar-refractivity contribution in [2.45, 2.75) is 52.6 Å². The number of ether oxygens (including phenoxy) is 3. The number of amides is 1. The first-order chi connectivity index (χ1) is 14.4. The number of carbonyl (C=O) groups is 2. The molecule has 1 aliphatic rings. The predicted octanol–water partition coefficient (Wildman–Crippen LogP) is 3.01. The summed E-state index contributed by atoms with van der Waals surface area (Å²) in [5.74, 6) is 1.29. The summed E-state index contributed by atoms with van der Waals surface area (Å²) in [6, 6.07) is 5.44. The highest BCUT2D eigenvalue weighted by Gasteiger charge is 2.29. The molecule has 0 saturated carbocycles. The van der Waals surface area contributed by atoms with Gasteiger partial charge in [0.05, 0.1) is 20.8 Å². The Morgan fingerprint density at radius 1 is 1.17 bits per heavy atom. The lowest BCUT2D eigenvalue weighted by atomic mass is 9.94. The molecule has 1 N–H and O–H groups in total. The van der Waals surface area contributed by atoms with Gasteiger partial charge in [0.15, 0.2) is 11.5 Å². The van der Waals surface area contributed by atoms with Crippen molar-refractivity contribution in [3.8, 4) is 11.5 Å². The fraction of sp³-hybridized carbons (Fsp3) is 0.652. The standard InChI is InChI=1S/C23H36N2O5/c1-6-30-20-8-7-17(14-21(20)28-4)15-25-11-9-18(10-12-25)22(26)24-19(13-16(2)3)23(27)29-5/h7-8,14,16,18-19H,6,9-13,15H2,1-5H3,(H,24,26). The first kappa shape index (κ1) is 24.0. The summed E-state index contributed by atoms with van der Waals surface area (Å²) in [5, 5.41) is 2.90. The van der Waals surface area contributed by atoms with E-state index in [1.54, 1.807) is 7.11 Å². The summed E-state index contributed by atoms with van der Waals surface area (Å²) in [7, 11) is 3.00. The van der Waals surface area contributed by atoms with Crippen LogP contribution in [0.3, 0.4) is 0 Å². The summed E-state index contributed by atoms with van der Waals surface area (Å²) < 4.78 is 15.9. The van der Waals surface area contributed by atoms with Crippen molar-refractivity contribution in [1.82, 2.24) is 10.2 Å². The molecule has 0 aliphatic carbocycles. The van der Waals surface area contributed by atoms with Crippen molar-refractivity contribution in [3.63, 3.8) is 0 Å². The Hall–Kier alpha value is -2.28. The molecule has 1 aromatic rings. The molecular formula is C23H36N2O5. The number of hydrogen-bond donors (Lipinski definition) is 1. The van der Waals surface area contributed by atoms with Crippen LogP contribution in [-0.2, 0) is 20.9 Å². The molecule has 0 bridgehead atoms. The zero-order valence-electron chi connectivity index (χ0n) is 18.9. The van der Waals surface area contributed by atoms with Gasteiger partial charge in [-0.05, 0) is 62.9 Å². The van der Waals surface area contributed by atoms with E-state index < -0.39 is 6.04 Å². The number of piperidine rings is 1. The second-order valence-corrected chi connectivity index (χ2v) is 8.18. The summed E-state index contributed by atoms with van der Waals surface area (Å²) in [6.07, 6.45) is 2.13. The molecule has 1 saturated heterocycles. The number of nitrogens with one attached hydrogen (secondary N) is 1. The van der Waals surface area contributed by atoms with Crippen LogP contribution in [0.2, 0.25) is 0 Å². The van der Waals surface area contributed by atoms with Crippen molar-refractivity contribution in [3.05, 3.63) is 23.8 Å². The number of likely N-dealkylation sites (tertiary alicyclic amines) is 1. The van der Waals surface area contributed by atoms with Crippen LogP contribution >= 0.6 is 0 Å². The number of benzene rings is 1. The van der Waals surface area contributed by atoms with Crippen LogP contribution in [0, 0.1) is 11.8 Å². The van der Waals surface area contributed by atoms with E-state index in [-0.39, 0.29) is 17.8 Å². The average molecular weight is 421 g/mol. The summed E-state index contributed by atoms with van der Waals surface area (Å²) in [5.41, 5.74) is 1.15. The largest absolute Gasteiger partial charge is 0.493 e. The lowest BCUT2D eigenvalue weighted by molar-refractivity contribution is -0.146. The molecule has 1 aliphatic heterocycles. The van der Waals surface area contributed by atoms with E-state index in [2.05, 4.69) is 16.3 Å². The Balaban J connectivity index is 1.88. The fourth-order valence-corrected chi connectivity index (χ4v) is 3.81. The van der Waals surface area contributed by atoms with Gasteiger partial charge in [-0.2, -0.15) is 0 Å². The van der Waals surface area contributed by atoms with Crippen LogP contribution in [0.15, 0.2) is 18.2 Å². The topological polar surface area (TPSA) is 77.1 Å². The fourth-order valence-electron chi connectivity index (χ4n) is 3.81. The minimum atomic E-state index is -0.572.